The molecule has 2 bridgehead atoms. The summed E-state index contributed by atoms with van der Waals surface area (Å²) in [5.74, 6) is -0.407. The van der Waals surface area contributed by atoms with Crippen LogP contribution >= 0.6 is 0 Å². The lowest BCUT2D eigenvalue weighted by Crippen LogP contribution is -2.41. The van der Waals surface area contributed by atoms with E-state index < -0.39 is 29.9 Å². The summed E-state index contributed by atoms with van der Waals surface area (Å²) in [6.45, 7) is 10.1. The highest BCUT2D eigenvalue weighted by Gasteiger charge is 2.58. The molecule has 132 valence electrons. The Balaban J connectivity index is 1.85. The maximum absolute atomic E-state index is 12.4. The van der Waals surface area contributed by atoms with Crippen LogP contribution in [0.1, 0.15) is 50.5 Å². The molecule has 0 aromatic heterocycles. The van der Waals surface area contributed by atoms with Crippen LogP contribution in [0.2, 0.25) is 0 Å². The Morgan fingerprint density at radius 1 is 1.16 bits per heavy atom. The van der Waals surface area contributed by atoms with Gasteiger partial charge in [-0.1, -0.05) is 23.8 Å². The largest absolute Gasteiger partial charge is 0.495 e. The zero-order valence-electron chi connectivity index (χ0n) is 15.5. The van der Waals surface area contributed by atoms with Crippen LogP contribution in [0.5, 0.6) is 0 Å². The van der Waals surface area contributed by atoms with Gasteiger partial charge >= 0.3 is 13.1 Å². The van der Waals surface area contributed by atoms with E-state index >= 15 is 0 Å². The summed E-state index contributed by atoms with van der Waals surface area (Å²) in [7, 11) is 0.884. The average molecular weight is 342 g/mol. The average Bonchev–Trinajstić information content (AvgIpc) is 3.15. The van der Waals surface area contributed by atoms with Gasteiger partial charge in [0.15, 0.2) is 0 Å². The van der Waals surface area contributed by atoms with Crippen molar-refractivity contribution in [3.05, 3.63) is 41.0 Å². The minimum absolute atomic E-state index is 0.288. The fourth-order valence-electron chi connectivity index (χ4n) is 3.80. The number of methoxy groups -OCH3 is 1. The highest BCUT2D eigenvalue weighted by molar-refractivity contribution is 6.62. The summed E-state index contributed by atoms with van der Waals surface area (Å²) in [6, 6.07) is 4.05. The summed E-state index contributed by atoms with van der Waals surface area (Å²) in [6.07, 6.45) is 3.41. The summed E-state index contributed by atoms with van der Waals surface area (Å²) in [5, 5.41) is 0. The first-order chi connectivity index (χ1) is 11.6. The molecule has 1 aromatic carbocycles. The summed E-state index contributed by atoms with van der Waals surface area (Å²) >= 11 is 0. The molecule has 0 aliphatic carbocycles. The van der Waals surface area contributed by atoms with Crippen molar-refractivity contribution in [3.8, 4) is 0 Å². The summed E-state index contributed by atoms with van der Waals surface area (Å²) in [4.78, 5) is 12.4. The van der Waals surface area contributed by atoms with Gasteiger partial charge in [0.05, 0.1) is 18.3 Å². The molecule has 1 fully saturated rings. The van der Waals surface area contributed by atoms with Gasteiger partial charge in [-0.25, -0.2) is 4.79 Å². The number of fused-ring (bicyclic) bond motifs is 5. The Kier molecular flexibility index (Phi) is 3.34. The number of rotatable bonds is 2. The van der Waals surface area contributed by atoms with Crippen molar-refractivity contribution in [1.29, 1.82) is 0 Å². The molecule has 3 heterocycles. The Labute approximate surface area is 148 Å². The molecule has 0 N–H and O–H groups in total. The number of ether oxygens (including phenoxy) is 2. The smallest absolute Gasteiger partial charge is 0.466 e. The van der Waals surface area contributed by atoms with E-state index in [9.17, 15) is 4.79 Å². The van der Waals surface area contributed by atoms with Crippen molar-refractivity contribution in [2.45, 2.75) is 57.5 Å². The topological polar surface area (TPSA) is 54.0 Å². The van der Waals surface area contributed by atoms with Crippen LogP contribution in [-0.4, -0.2) is 31.4 Å². The zero-order valence-corrected chi connectivity index (χ0v) is 15.5. The molecule has 4 rings (SSSR count). The van der Waals surface area contributed by atoms with Gasteiger partial charge in [-0.15, -0.1) is 0 Å². The highest BCUT2D eigenvalue weighted by atomic mass is 16.7. The molecule has 1 aromatic rings. The second kappa shape index (κ2) is 4.97. The minimum atomic E-state index is -1.15. The number of benzene rings is 1. The lowest BCUT2D eigenvalue weighted by Gasteiger charge is -2.32. The standard InChI is InChI=1S/C19H23BO5/c1-11-9-12-15(14-7-8-19(12,23-14)16(21)22-6)13(10-11)20-24-17(2,3)18(4,5)25-20/h7-10,14H,1-6H3. The first kappa shape index (κ1) is 16.8. The first-order valence-corrected chi connectivity index (χ1v) is 8.57. The van der Waals surface area contributed by atoms with E-state index in [2.05, 4.69) is 6.07 Å². The van der Waals surface area contributed by atoms with Gasteiger partial charge in [0.1, 0.15) is 6.10 Å². The minimum Gasteiger partial charge on any atom is -0.466 e. The van der Waals surface area contributed by atoms with Crippen LogP contribution < -0.4 is 5.46 Å². The quantitative estimate of drug-likeness (QED) is 0.469. The Morgan fingerprint density at radius 2 is 1.80 bits per heavy atom. The van der Waals surface area contributed by atoms with Crippen LogP contribution in [0.25, 0.3) is 0 Å². The molecule has 6 heteroatoms. The van der Waals surface area contributed by atoms with E-state index in [4.69, 9.17) is 18.8 Å². The van der Waals surface area contributed by atoms with E-state index in [-0.39, 0.29) is 6.10 Å². The molecule has 2 atom stereocenters. The Bertz CT molecular complexity index is 781. The number of esters is 1. The lowest BCUT2D eigenvalue weighted by molar-refractivity contribution is -0.162. The monoisotopic (exact) mass is 342 g/mol. The molecule has 1 saturated heterocycles. The lowest BCUT2D eigenvalue weighted by atomic mass is 9.70. The molecule has 25 heavy (non-hydrogen) atoms. The predicted molar refractivity (Wildman–Crippen MR) is 93.6 cm³/mol. The molecule has 0 radical (unpaired) electrons. The van der Waals surface area contributed by atoms with Crippen molar-refractivity contribution in [3.63, 3.8) is 0 Å². The predicted octanol–water partition coefficient (Wildman–Crippen LogP) is 2.30. The number of carbonyl (C=O) groups excluding carboxylic acids is 1. The molecule has 3 aliphatic rings. The summed E-state index contributed by atoms with van der Waals surface area (Å²) < 4.78 is 23.5. The maximum atomic E-state index is 12.4. The third kappa shape index (κ3) is 2.11. The van der Waals surface area contributed by atoms with Gasteiger partial charge in [0.2, 0.25) is 5.60 Å². The van der Waals surface area contributed by atoms with Gasteiger partial charge in [-0.2, -0.15) is 0 Å². The van der Waals surface area contributed by atoms with E-state index in [0.717, 1.165) is 22.2 Å². The van der Waals surface area contributed by atoms with Crippen LogP contribution in [-0.2, 0) is 29.2 Å². The highest BCUT2D eigenvalue weighted by Crippen LogP contribution is 2.51. The molecule has 0 saturated carbocycles. The molecular weight excluding hydrogens is 319 g/mol. The fraction of sp³-hybridized carbons (Fsp3) is 0.526. The normalized spacial score (nSPS) is 30.6. The van der Waals surface area contributed by atoms with Crippen molar-refractivity contribution in [1.82, 2.24) is 0 Å². The van der Waals surface area contributed by atoms with E-state index in [0.29, 0.717) is 0 Å². The van der Waals surface area contributed by atoms with Gasteiger partial charge < -0.3 is 18.8 Å². The third-order valence-corrected chi connectivity index (χ3v) is 5.86. The number of hydrogen-bond acceptors (Lipinski definition) is 5. The van der Waals surface area contributed by atoms with Gasteiger partial charge in [0.25, 0.3) is 0 Å². The third-order valence-electron chi connectivity index (χ3n) is 5.86. The van der Waals surface area contributed by atoms with Gasteiger partial charge in [-0.3, -0.25) is 0 Å². The second-order valence-electron chi connectivity index (χ2n) is 8.03. The number of aryl methyl sites for hydroxylation is 1. The van der Waals surface area contributed by atoms with Crippen molar-refractivity contribution >= 4 is 18.6 Å². The van der Waals surface area contributed by atoms with E-state index in [1.54, 1.807) is 6.08 Å². The van der Waals surface area contributed by atoms with E-state index in [1.165, 1.54) is 7.11 Å². The van der Waals surface area contributed by atoms with Gasteiger partial charge in [-0.05, 0) is 51.7 Å². The molecule has 0 spiro atoms. The fourth-order valence-corrected chi connectivity index (χ4v) is 3.80. The Hall–Kier alpha value is -1.63. The molecule has 2 unspecified atom stereocenters. The number of hydrogen-bond donors (Lipinski definition) is 0. The number of carbonyl (C=O) groups is 1. The molecule has 5 nitrogen and oxygen atoms in total. The van der Waals surface area contributed by atoms with Gasteiger partial charge in [0, 0.05) is 5.56 Å². The summed E-state index contributed by atoms with van der Waals surface area (Å²) in [5.41, 5.74) is 1.73. The maximum Gasteiger partial charge on any atom is 0.495 e. The van der Waals surface area contributed by atoms with Crippen molar-refractivity contribution in [2.24, 2.45) is 0 Å². The first-order valence-electron chi connectivity index (χ1n) is 8.57. The van der Waals surface area contributed by atoms with Crippen molar-refractivity contribution in [2.75, 3.05) is 7.11 Å². The van der Waals surface area contributed by atoms with E-state index in [1.807, 2.05) is 46.8 Å². The second-order valence-corrected chi connectivity index (χ2v) is 8.03. The SMILES string of the molecule is COC(=O)C12C=CC(O1)c1c(B3OC(C)(C)C(C)(C)O3)cc(C)cc12. The van der Waals surface area contributed by atoms with Crippen LogP contribution in [0.4, 0.5) is 0 Å². The molecule has 0 amide bonds. The Morgan fingerprint density at radius 3 is 2.40 bits per heavy atom. The van der Waals surface area contributed by atoms with Crippen LogP contribution in [0.15, 0.2) is 24.3 Å². The molecule has 3 aliphatic heterocycles. The van der Waals surface area contributed by atoms with Crippen molar-refractivity contribution < 1.29 is 23.6 Å². The zero-order chi connectivity index (χ0) is 18.2. The molecular formula is C19H23BO5. The van der Waals surface area contributed by atoms with Crippen LogP contribution in [0.3, 0.4) is 0 Å². The van der Waals surface area contributed by atoms with Crippen LogP contribution in [0, 0.1) is 6.92 Å².